The summed E-state index contributed by atoms with van der Waals surface area (Å²) in [5.74, 6) is -0.265. The van der Waals surface area contributed by atoms with Crippen LogP contribution in [0.4, 0.5) is 10.1 Å². The van der Waals surface area contributed by atoms with Gasteiger partial charge in [-0.15, -0.1) is 0 Å². The van der Waals surface area contributed by atoms with E-state index in [1.165, 1.54) is 6.07 Å². The number of aliphatic hydroxyl groups excluding tert-OH is 1. The summed E-state index contributed by atoms with van der Waals surface area (Å²) in [6, 6.07) is 6.61. The minimum atomic E-state index is -0.380. The van der Waals surface area contributed by atoms with E-state index in [9.17, 15) is 9.50 Å². The van der Waals surface area contributed by atoms with E-state index in [2.05, 4.69) is 17.3 Å². The van der Waals surface area contributed by atoms with Crippen LogP contribution in [-0.2, 0) is 0 Å². The lowest BCUT2D eigenvalue weighted by Gasteiger charge is -2.40. The molecule has 1 saturated heterocycles. The molecule has 0 atom stereocenters. The Morgan fingerprint density at radius 3 is 2.59 bits per heavy atom. The van der Waals surface area contributed by atoms with Gasteiger partial charge in [-0.25, -0.2) is 4.39 Å². The zero-order chi connectivity index (χ0) is 12.3. The zero-order valence-corrected chi connectivity index (χ0v) is 10.1. The fraction of sp³-hybridized carbons (Fsp3) is 0.538. The summed E-state index contributed by atoms with van der Waals surface area (Å²) in [6.45, 7) is 1.87. The third-order valence-electron chi connectivity index (χ3n) is 3.52. The minimum Gasteiger partial charge on any atom is -0.394 e. The van der Waals surface area contributed by atoms with Crippen molar-refractivity contribution in [2.45, 2.75) is 18.4 Å². The van der Waals surface area contributed by atoms with Crippen molar-refractivity contribution in [2.24, 2.45) is 0 Å². The predicted molar refractivity (Wildman–Crippen MR) is 66.6 cm³/mol. The first-order valence-corrected chi connectivity index (χ1v) is 5.97. The van der Waals surface area contributed by atoms with Gasteiger partial charge in [0.15, 0.2) is 0 Å². The molecule has 17 heavy (non-hydrogen) atoms. The Balaban J connectivity index is 2.12. The molecule has 1 heterocycles. The van der Waals surface area contributed by atoms with Crippen molar-refractivity contribution in [1.82, 2.24) is 4.90 Å². The summed E-state index contributed by atoms with van der Waals surface area (Å²) < 4.78 is 13.6. The largest absolute Gasteiger partial charge is 0.394 e. The van der Waals surface area contributed by atoms with Crippen LogP contribution < -0.4 is 5.32 Å². The third-order valence-corrected chi connectivity index (χ3v) is 3.52. The quantitative estimate of drug-likeness (QED) is 0.841. The van der Waals surface area contributed by atoms with E-state index in [1.54, 1.807) is 18.2 Å². The van der Waals surface area contributed by atoms with Crippen molar-refractivity contribution < 1.29 is 9.50 Å². The number of para-hydroxylation sites is 1. The van der Waals surface area contributed by atoms with Gasteiger partial charge >= 0.3 is 0 Å². The highest BCUT2D eigenvalue weighted by Gasteiger charge is 2.33. The smallest absolute Gasteiger partial charge is 0.146 e. The summed E-state index contributed by atoms with van der Waals surface area (Å²) in [5.41, 5.74) is 0.0976. The number of rotatable bonds is 3. The number of nitrogens with one attached hydrogen (secondary N) is 1. The summed E-state index contributed by atoms with van der Waals surface area (Å²) in [7, 11) is 2.06. The zero-order valence-electron chi connectivity index (χ0n) is 10.1. The van der Waals surface area contributed by atoms with E-state index < -0.39 is 0 Å². The molecule has 1 aliphatic rings. The second-order valence-corrected chi connectivity index (χ2v) is 4.85. The van der Waals surface area contributed by atoms with Gasteiger partial charge in [-0.05, 0) is 32.0 Å². The maximum Gasteiger partial charge on any atom is 0.146 e. The number of benzene rings is 1. The van der Waals surface area contributed by atoms with Crippen LogP contribution in [0, 0.1) is 5.82 Å². The first kappa shape index (κ1) is 12.3. The number of aliphatic hydroxyl groups is 1. The standard InChI is InChI=1S/C13H19FN2O/c1-16-8-6-13(10-17,7-9-16)15-12-5-3-2-4-11(12)14/h2-5,15,17H,6-10H2,1H3. The van der Waals surface area contributed by atoms with Crippen LogP contribution in [0.3, 0.4) is 0 Å². The van der Waals surface area contributed by atoms with Crippen molar-refractivity contribution >= 4 is 5.69 Å². The average Bonchev–Trinajstić information content (AvgIpc) is 2.35. The van der Waals surface area contributed by atoms with Crippen molar-refractivity contribution in [2.75, 3.05) is 32.1 Å². The minimum absolute atomic E-state index is 0.0369. The predicted octanol–water partition coefficient (Wildman–Crippen LogP) is 1.69. The normalized spacial score (nSPS) is 20.2. The Kier molecular flexibility index (Phi) is 3.64. The first-order valence-electron chi connectivity index (χ1n) is 5.97. The lowest BCUT2D eigenvalue weighted by molar-refractivity contribution is 0.133. The first-order chi connectivity index (χ1) is 8.15. The molecule has 94 valence electrons. The van der Waals surface area contributed by atoms with Crippen molar-refractivity contribution in [1.29, 1.82) is 0 Å². The van der Waals surface area contributed by atoms with Crippen LogP contribution in [0.15, 0.2) is 24.3 Å². The number of halogens is 1. The summed E-state index contributed by atoms with van der Waals surface area (Å²) >= 11 is 0. The molecule has 2 N–H and O–H groups in total. The number of piperidine rings is 1. The molecule has 0 aromatic heterocycles. The Labute approximate surface area is 101 Å². The highest BCUT2D eigenvalue weighted by molar-refractivity contribution is 5.47. The van der Waals surface area contributed by atoms with Gasteiger partial charge in [0, 0.05) is 13.1 Å². The highest BCUT2D eigenvalue weighted by atomic mass is 19.1. The van der Waals surface area contributed by atoms with Gasteiger partial charge < -0.3 is 15.3 Å². The molecule has 2 rings (SSSR count). The maximum atomic E-state index is 13.6. The van der Waals surface area contributed by atoms with E-state index >= 15 is 0 Å². The molecule has 1 aliphatic heterocycles. The van der Waals surface area contributed by atoms with Crippen LogP contribution >= 0.6 is 0 Å². The number of hydrogen-bond donors (Lipinski definition) is 2. The molecule has 3 nitrogen and oxygen atoms in total. The number of hydrogen-bond acceptors (Lipinski definition) is 3. The van der Waals surface area contributed by atoms with Crippen LogP contribution in [0.25, 0.3) is 0 Å². The second-order valence-electron chi connectivity index (χ2n) is 4.85. The van der Waals surface area contributed by atoms with Crippen molar-refractivity contribution in [3.8, 4) is 0 Å². The van der Waals surface area contributed by atoms with E-state index in [-0.39, 0.29) is 18.0 Å². The van der Waals surface area contributed by atoms with E-state index in [1.807, 2.05) is 0 Å². The number of anilines is 1. The highest BCUT2D eigenvalue weighted by Crippen LogP contribution is 2.27. The summed E-state index contributed by atoms with van der Waals surface area (Å²) in [5, 5.41) is 12.8. The van der Waals surface area contributed by atoms with Crippen LogP contribution in [0.2, 0.25) is 0 Å². The Morgan fingerprint density at radius 2 is 2.00 bits per heavy atom. The van der Waals surface area contributed by atoms with Crippen LogP contribution in [0.1, 0.15) is 12.8 Å². The molecule has 0 bridgehead atoms. The van der Waals surface area contributed by atoms with Gasteiger partial charge in [0.2, 0.25) is 0 Å². The molecule has 0 radical (unpaired) electrons. The summed E-state index contributed by atoms with van der Waals surface area (Å²) in [4.78, 5) is 2.22. The van der Waals surface area contributed by atoms with E-state index in [0.717, 1.165) is 25.9 Å². The van der Waals surface area contributed by atoms with Crippen LogP contribution in [-0.4, -0.2) is 42.3 Å². The van der Waals surface area contributed by atoms with Gasteiger partial charge in [-0.3, -0.25) is 0 Å². The van der Waals surface area contributed by atoms with Crippen molar-refractivity contribution in [3.63, 3.8) is 0 Å². The summed E-state index contributed by atoms with van der Waals surface area (Å²) in [6.07, 6.45) is 1.66. The average molecular weight is 238 g/mol. The Morgan fingerprint density at radius 1 is 1.35 bits per heavy atom. The lowest BCUT2D eigenvalue weighted by atomic mass is 9.88. The molecule has 4 heteroatoms. The molecule has 0 saturated carbocycles. The Hall–Kier alpha value is -1.13. The number of likely N-dealkylation sites (tertiary alicyclic amines) is 1. The van der Waals surface area contributed by atoms with Gasteiger partial charge in [0.05, 0.1) is 17.8 Å². The lowest BCUT2D eigenvalue weighted by Crippen LogP contribution is -2.50. The van der Waals surface area contributed by atoms with Crippen LogP contribution in [0.5, 0.6) is 0 Å². The van der Waals surface area contributed by atoms with Gasteiger partial charge in [-0.2, -0.15) is 0 Å². The van der Waals surface area contributed by atoms with Gasteiger partial charge in [0.1, 0.15) is 5.82 Å². The molecule has 0 unspecified atom stereocenters. The molecule has 1 aromatic rings. The maximum absolute atomic E-state index is 13.6. The molecule has 0 amide bonds. The fourth-order valence-electron chi connectivity index (χ4n) is 2.22. The van der Waals surface area contributed by atoms with Gasteiger partial charge in [-0.1, -0.05) is 12.1 Å². The molecule has 0 spiro atoms. The van der Waals surface area contributed by atoms with Gasteiger partial charge in [0.25, 0.3) is 0 Å². The van der Waals surface area contributed by atoms with E-state index in [0.29, 0.717) is 5.69 Å². The topological polar surface area (TPSA) is 35.5 Å². The second kappa shape index (κ2) is 5.02. The van der Waals surface area contributed by atoms with Crippen molar-refractivity contribution in [3.05, 3.63) is 30.1 Å². The molecular weight excluding hydrogens is 219 g/mol. The molecular formula is C13H19FN2O. The third kappa shape index (κ3) is 2.76. The molecule has 0 aliphatic carbocycles. The molecule has 1 fully saturated rings. The number of nitrogens with zero attached hydrogens (tertiary/aromatic N) is 1. The Bertz CT molecular complexity index is 375. The molecule has 1 aromatic carbocycles. The SMILES string of the molecule is CN1CCC(CO)(Nc2ccccc2F)CC1. The van der Waals surface area contributed by atoms with E-state index in [4.69, 9.17) is 0 Å². The monoisotopic (exact) mass is 238 g/mol. The fourth-order valence-corrected chi connectivity index (χ4v) is 2.22.